The van der Waals surface area contributed by atoms with E-state index in [1.807, 2.05) is 6.92 Å². The number of H-pyrrole nitrogens is 1. The number of sulfonamides is 1. The lowest BCUT2D eigenvalue weighted by Crippen LogP contribution is -2.29. The fraction of sp³-hybridized carbons (Fsp3) is 0.273. The number of anilines is 1. The number of nitrogen functional groups attached to an aromatic ring is 1. The van der Waals surface area contributed by atoms with E-state index in [0.717, 1.165) is 0 Å². The lowest BCUT2D eigenvalue weighted by molar-refractivity contribution is 0.539. The van der Waals surface area contributed by atoms with Crippen LogP contribution in [0, 0.1) is 0 Å². The van der Waals surface area contributed by atoms with Crippen LogP contribution in [0.3, 0.4) is 0 Å². The highest BCUT2D eigenvalue weighted by molar-refractivity contribution is 7.89. The molecule has 0 fully saturated rings. The first-order chi connectivity index (χ1) is 9.03. The first-order valence-electron chi connectivity index (χ1n) is 5.76. The molecule has 0 amide bonds. The Balaban J connectivity index is 2.26. The van der Waals surface area contributed by atoms with E-state index in [-0.39, 0.29) is 10.7 Å². The number of hydrogen-bond acceptors (Lipinski definition) is 5. The van der Waals surface area contributed by atoms with Crippen LogP contribution in [0.4, 0.5) is 5.82 Å². The third-order valence-electron chi connectivity index (χ3n) is 2.62. The highest BCUT2D eigenvalue weighted by atomic mass is 32.2. The molecule has 7 nitrogen and oxygen atoms in total. The van der Waals surface area contributed by atoms with Crippen molar-refractivity contribution in [2.45, 2.75) is 24.3 Å². The van der Waals surface area contributed by atoms with Gasteiger partial charge in [-0.05, 0) is 12.5 Å². The predicted octanol–water partition coefficient (Wildman–Crippen LogP) is 0.816. The third-order valence-corrected chi connectivity index (χ3v) is 4.09. The van der Waals surface area contributed by atoms with Crippen molar-refractivity contribution in [3.05, 3.63) is 36.5 Å². The predicted molar refractivity (Wildman–Crippen MR) is 70.6 cm³/mol. The van der Waals surface area contributed by atoms with E-state index in [0.29, 0.717) is 12.2 Å². The van der Waals surface area contributed by atoms with Crippen molar-refractivity contribution in [2.24, 2.45) is 0 Å². The van der Waals surface area contributed by atoms with Crippen LogP contribution in [0.25, 0.3) is 0 Å². The Bertz CT molecular complexity index is 639. The van der Waals surface area contributed by atoms with Gasteiger partial charge < -0.3 is 10.7 Å². The van der Waals surface area contributed by atoms with E-state index < -0.39 is 16.1 Å². The Morgan fingerprint density at radius 3 is 2.79 bits per heavy atom. The molecule has 2 aromatic heterocycles. The van der Waals surface area contributed by atoms with Gasteiger partial charge in [-0.1, -0.05) is 6.92 Å². The van der Waals surface area contributed by atoms with Gasteiger partial charge >= 0.3 is 0 Å². The number of hydrogen-bond donors (Lipinski definition) is 3. The van der Waals surface area contributed by atoms with Crippen LogP contribution < -0.4 is 10.5 Å². The Kier molecular flexibility index (Phi) is 3.82. The van der Waals surface area contributed by atoms with Gasteiger partial charge in [0.15, 0.2) is 0 Å². The molecule has 2 heterocycles. The summed E-state index contributed by atoms with van der Waals surface area (Å²) in [5.74, 6) is 0.738. The number of pyridine rings is 1. The van der Waals surface area contributed by atoms with E-state index >= 15 is 0 Å². The minimum atomic E-state index is -3.65. The molecule has 102 valence electrons. The lowest BCUT2D eigenvalue weighted by atomic mass is 10.2. The summed E-state index contributed by atoms with van der Waals surface area (Å²) in [7, 11) is -3.65. The summed E-state index contributed by atoms with van der Waals surface area (Å²) in [4.78, 5) is 10.8. The van der Waals surface area contributed by atoms with E-state index in [4.69, 9.17) is 5.73 Å². The van der Waals surface area contributed by atoms with Crippen LogP contribution in [-0.4, -0.2) is 23.4 Å². The fourth-order valence-corrected chi connectivity index (χ4v) is 2.96. The molecule has 1 atom stereocenters. The number of imidazole rings is 1. The minimum absolute atomic E-state index is 0.0880. The number of nitrogens with one attached hydrogen (secondary N) is 2. The number of aromatic amines is 1. The summed E-state index contributed by atoms with van der Waals surface area (Å²) in [6.07, 6.45) is 5.17. The Morgan fingerprint density at radius 1 is 1.42 bits per heavy atom. The Hall–Kier alpha value is -1.93. The van der Waals surface area contributed by atoms with Gasteiger partial charge in [-0.25, -0.2) is 23.1 Å². The topological polar surface area (TPSA) is 114 Å². The van der Waals surface area contributed by atoms with Gasteiger partial charge in [0.25, 0.3) is 0 Å². The van der Waals surface area contributed by atoms with Gasteiger partial charge in [-0.3, -0.25) is 0 Å². The van der Waals surface area contributed by atoms with E-state index in [2.05, 4.69) is 19.7 Å². The maximum Gasteiger partial charge on any atom is 0.241 e. The zero-order chi connectivity index (χ0) is 13.9. The Labute approximate surface area is 111 Å². The Morgan fingerprint density at radius 2 is 2.21 bits per heavy atom. The SMILES string of the molecule is CCC(NS(=O)(=O)c1ccnc(N)c1)c1ncc[nH]1. The van der Waals surface area contributed by atoms with Gasteiger partial charge in [-0.15, -0.1) is 0 Å². The molecule has 0 aliphatic heterocycles. The number of aromatic nitrogens is 3. The second-order valence-corrected chi connectivity index (χ2v) is 5.69. The van der Waals surface area contributed by atoms with Crippen LogP contribution in [0.5, 0.6) is 0 Å². The largest absolute Gasteiger partial charge is 0.384 e. The molecule has 0 aliphatic carbocycles. The van der Waals surface area contributed by atoms with Gasteiger partial charge in [0.2, 0.25) is 10.0 Å². The normalized spacial score (nSPS) is 13.3. The van der Waals surface area contributed by atoms with Crippen molar-refractivity contribution in [2.75, 3.05) is 5.73 Å². The molecule has 0 aliphatic rings. The van der Waals surface area contributed by atoms with Crippen LogP contribution in [0.2, 0.25) is 0 Å². The third kappa shape index (κ3) is 3.09. The molecule has 0 saturated carbocycles. The van der Waals surface area contributed by atoms with Crippen molar-refractivity contribution in [3.8, 4) is 0 Å². The standard InChI is InChI=1S/C11H15N5O2S/c1-2-9(11-14-5-6-15-11)16-19(17,18)8-3-4-13-10(12)7-8/h3-7,9,16H,2H2,1H3,(H2,12,13)(H,14,15). The summed E-state index contributed by atoms with van der Waals surface area (Å²) in [5, 5.41) is 0. The van der Waals surface area contributed by atoms with Crippen molar-refractivity contribution in [3.63, 3.8) is 0 Å². The molecule has 19 heavy (non-hydrogen) atoms. The van der Waals surface area contributed by atoms with Gasteiger partial charge in [0, 0.05) is 24.7 Å². The summed E-state index contributed by atoms with van der Waals surface area (Å²) in [6, 6.07) is 2.31. The molecule has 2 rings (SSSR count). The van der Waals surface area contributed by atoms with Crippen LogP contribution in [0.1, 0.15) is 25.2 Å². The van der Waals surface area contributed by atoms with Crippen LogP contribution in [-0.2, 0) is 10.0 Å². The van der Waals surface area contributed by atoms with Crippen LogP contribution in [0.15, 0.2) is 35.6 Å². The molecule has 0 bridgehead atoms. The molecule has 0 spiro atoms. The number of nitrogens with zero attached hydrogens (tertiary/aromatic N) is 2. The second kappa shape index (κ2) is 5.37. The average Bonchev–Trinajstić information content (AvgIpc) is 2.90. The minimum Gasteiger partial charge on any atom is -0.384 e. The zero-order valence-corrected chi connectivity index (χ0v) is 11.2. The van der Waals surface area contributed by atoms with Crippen molar-refractivity contribution < 1.29 is 8.42 Å². The average molecular weight is 281 g/mol. The van der Waals surface area contributed by atoms with Crippen molar-refractivity contribution in [1.29, 1.82) is 0 Å². The van der Waals surface area contributed by atoms with E-state index in [1.165, 1.54) is 18.3 Å². The monoisotopic (exact) mass is 281 g/mol. The highest BCUT2D eigenvalue weighted by Gasteiger charge is 2.21. The van der Waals surface area contributed by atoms with Gasteiger partial charge in [0.05, 0.1) is 10.9 Å². The quantitative estimate of drug-likeness (QED) is 0.750. The number of rotatable bonds is 5. The first-order valence-corrected chi connectivity index (χ1v) is 7.24. The maximum absolute atomic E-state index is 12.2. The van der Waals surface area contributed by atoms with Gasteiger partial charge in [0.1, 0.15) is 11.6 Å². The fourth-order valence-electron chi connectivity index (χ4n) is 1.65. The van der Waals surface area contributed by atoms with Crippen LogP contribution >= 0.6 is 0 Å². The van der Waals surface area contributed by atoms with Gasteiger partial charge in [-0.2, -0.15) is 0 Å². The summed E-state index contributed by atoms with van der Waals surface area (Å²) >= 11 is 0. The summed E-state index contributed by atoms with van der Waals surface area (Å²) in [6.45, 7) is 1.87. The molecular weight excluding hydrogens is 266 g/mol. The molecule has 4 N–H and O–H groups in total. The molecule has 0 aromatic carbocycles. The molecular formula is C11H15N5O2S. The van der Waals surface area contributed by atoms with Crippen molar-refractivity contribution in [1.82, 2.24) is 19.7 Å². The van der Waals surface area contributed by atoms with E-state index in [1.54, 1.807) is 12.4 Å². The summed E-state index contributed by atoms with van der Waals surface area (Å²) in [5.41, 5.74) is 5.49. The molecule has 8 heteroatoms. The lowest BCUT2D eigenvalue weighted by Gasteiger charge is -2.15. The van der Waals surface area contributed by atoms with E-state index in [9.17, 15) is 8.42 Å². The smallest absolute Gasteiger partial charge is 0.241 e. The maximum atomic E-state index is 12.2. The molecule has 0 saturated heterocycles. The molecule has 2 aromatic rings. The molecule has 1 unspecified atom stereocenters. The molecule has 0 radical (unpaired) electrons. The van der Waals surface area contributed by atoms with Crippen molar-refractivity contribution >= 4 is 15.8 Å². The zero-order valence-electron chi connectivity index (χ0n) is 10.4. The highest BCUT2D eigenvalue weighted by Crippen LogP contribution is 2.17. The summed E-state index contributed by atoms with van der Waals surface area (Å²) < 4.78 is 27.0. The second-order valence-electron chi connectivity index (χ2n) is 3.97. The first kappa shape index (κ1) is 13.5. The number of nitrogens with two attached hydrogens (primary N) is 1.